The van der Waals surface area contributed by atoms with Crippen molar-refractivity contribution in [3.8, 4) is 5.75 Å². The van der Waals surface area contributed by atoms with Crippen LogP contribution in [0.15, 0.2) is 24.3 Å². The molecule has 3 rings (SSSR count). The van der Waals surface area contributed by atoms with Gasteiger partial charge in [-0.3, -0.25) is 4.79 Å². The molecule has 29 heavy (non-hydrogen) atoms. The van der Waals surface area contributed by atoms with Gasteiger partial charge in [-0.15, -0.1) is 0 Å². The zero-order valence-electron chi connectivity index (χ0n) is 18.4. The Balaban J connectivity index is 1.43. The zero-order chi connectivity index (χ0) is 20.7. The van der Waals surface area contributed by atoms with Crippen LogP contribution in [0.4, 0.5) is 5.69 Å². The number of carbonyl (C=O) groups excluding carboxylic acids is 1. The maximum atomic E-state index is 12.9. The molecule has 2 fully saturated rings. The molecule has 0 unspecified atom stereocenters. The number of rotatable bonds is 8. The molecule has 1 saturated carbocycles. The summed E-state index contributed by atoms with van der Waals surface area (Å²) < 4.78 is 11.6. The average molecular weight is 403 g/mol. The minimum atomic E-state index is -0.696. The van der Waals surface area contributed by atoms with Gasteiger partial charge in [-0.2, -0.15) is 0 Å². The highest BCUT2D eigenvalue weighted by Crippen LogP contribution is 2.35. The van der Waals surface area contributed by atoms with E-state index >= 15 is 0 Å². The van der Waals surface area contributed by atoms with Gasteiger partial charge in [0.1, 0.15) is 11.4 Å². The summed E-state index contributed by atoms with van der Waals surface area (Å²) in [5, 5.41) is 3.04. The van der Waals surface area contributed by atoms with E-state index in [4.69, 9.17) is 9.47 Å². The highest BCUT2D eigenvalue weighted by molar-refractivity contribution is 5.97. The molecule has 1 aliphatic heterocycles. The third-order valence-electron chi connectivity index (χ3n) is 6.50. The molecule has 5 nitrogen and oxygen atoms in total. The summed E-state index contributed by atoms with van der Waals surface area (Å²) in [6.45, 7) is 8.80. The van der Waals surface area contributed by atoms with Gasteiger partial charge in [-0.1, -0.05) is 20.3 Å². The van der Waals surface area contributed by atoms with Crippen molar-refractivity contribution >= 4 is 11.6 Å². The Kier molecular flexibility index (Phi) is 7.96. The summed E-state index contributed by atoms with van der Waals surface area (Å²) in [6.07, 6.45) is 7.49. The van der Waals surface area contributed by atoms with Crippen LogP contribution < -0.4 is 10.1 Å². The average Bonchev–Trinajstić information content (AvgIpc) is 2.72. The molecule has 1 aromatic rings. The van der Waals surface area contributed by atoms with Gasteiger partial charge >= 0.3 is 0 Å². The molecule has 0 aromatic heterocycles. The summed E-state index contributed by atoms with van der Waals surface area (Å²) in [5.41, 5.74) is 0.0954. The number of nitrogens with zero attached hydrogens (tertiary/aromatic N) is 1. The van der Waals surface area contributed by atoms with Crippen LogP contribution in [0.2, 0.25) is 0 Å². The number of hydrogen-bond donors (Lipinski definition) is 1. The summed E-state index contributed by atoms with van der Waals surface area (Å²) >= 11 is 0. The van der Waals surface area contributed by atoms with Crippen LogP contribution in [-0.4, -0.2) is 49.8 Å². The van der Waals surface area contributed by atoms with Crippen molar-refractivity contribution in [1.82, 2.24) is 4.90 Å². The first kappa shape index (κ1) is 22.1. The SMILES string of the molecule is CO[C@]1(C(=O)Nc2ccc(OCCCN3CCC[C@@H](C)C3)cc2)CCC[C@H](C)C1. The molecule has 0 spiro atoms. The van der Waals surface area contributed by atoms with E-state index < -0.39 is 5.60 Å². The van der Waals surface area contributed by atoms with Crippen LogP contribution in [0.1, 0.15) is 58.8 Å². The molecule has 1 N–H and O–H groups in total. The van der Waals surface area contributed by atoms with Crippen LogP contribution in [0, 0.1) is 11.8 Å². The molecule has 1 saturated heterocycles. The van der Waals surface area contributed by atoms with E-state index in [0.717, 1.165) is 56.2 Å². The van der Waals surface area contributed by atoms with Crippen molar-refractivity contribution in [1.29, 1.82) is 0 Å². The molecule has 2 aliphatic rings. The van der Waals surface area contributed by atoms with E-state index in [1.807, 2.05) is 24.3 Å². The normalized spacial score (nSPS) is 28.1. The van der Waals surface area contributed by atoms with Crippen LogP contribution in [0.3, 0.4) is 0 Å². The number of nitrogens with one attached hydrogen (secondary N) is 1. The molecule has 1 heterocycles. The Bertz CT molecular complexity index is 648. The van der Waals surface area contributed by atoms with Gasteiger partial charge in [-0.05, 0) is 81.2 Å². The Morgan fingerprint density at radius 3 is 2.62 bits per heavy atom. The fourth-order valence-corrected chi connectivity index (χ4v) is 4.83. The van der Waals surface area contributed by atoms with Crippen molar-refractivity contribution in [2.45, 2.75) is 64.4 Å². The third kappa shape index (κ3) is 6.19. The lowest BCUT2D eigenvalue weighted by Gasteiger charge is -2.37. The topological polar surface area (TPSA) is 50.8 Å². The molecule has 1 aromatic carbocycles. The van der Waals surface area contributed by atoms with Gasteiger partial charge in [0.15, 0.2) is 0 Å². The molecule has 0 radical (unpaired) electrons. The van der Waals surface area contributed by atoms with E-state index in [0.29, 0.717) is 5.92 Å². The molecule has 1 aliphatic carbocycles. The molecular formula is C24H38N2O3. The van der Waals surface area contributed by atoms with Gasteiger partial charge in [0.2, 0.25) is 0 Å². The Hall–Kier alpha value is -1.59. The van der Waals surface area contributed by atoms with Gasteiger partial charge in [-0.25, -0.2) is 0 Å². The zero-order valence-corrected chi connectivity index (χ0v) is 18.4. The predicted octanol–water partition coefficient (Wildman–Crippen LogP) is 4.72. The number of ether oxygens (including phenoxy) is 2. The minimum absolute atomic E-state index is 0.0315. The third-order valence-corrected chi connectivity index (χ3v) is 6.50. The standard InChI is InChI=1S/C24H38N2O3/c1-19-7-4-13-24(17-19,28-3)23(27)25-21-9-11-22(12-10-21)29-16-6-15-26-14-5-8-20(2)18-26/h9-12,19-20H,4-8,13-18H2,1-3H3,(H,25,27)/t19-,20+,24+/m0/s1. The predicted molar refractivity (Wildman–Crippen MR) is 117 cm³/mol. The molecule has 0 bridgehead atoms. The number of benzene rings is 1. The number of anilines is 1. The minimum Gasteiger partial charge on any atom is -0.494 e. The number of likely N-dealkylation sites (tertiary alicyclic amines) is 1. The van der Waals surface area contributed by atoms with Gasteiger partial charge in [0.05, 0.1) is 6.61 Å². The molecular weight excluding hydrogens is 364 g/mol. The highest BCUT2D eigenvalue weighted by atomic mass is 16.5. The molecule has 1 amide bonds. The first-order valence-corrected chi connectivity index (χ1v) is 11.3. The van der Waals surface area contributed by atoms with E-state index in [9.17, 15) is 4.79 Å². The van der Waals surface area contributed by atoms with E-state index in [1.165, 1.54) is 32.4 Å². The Morgan fingerprint density at radius 1 is 1.17 bits per heavy atom. The molecule has 162 valence electrons. The highest BCUT2D eigenvalue weighted by Gasteiger charge is 2.41. The van der Waals surface area contributed by atoms with Crippen LogP contribution in [0.5, 0.6) is 5.75 Å². The lowest BCUT2D eigenvalue weighted by Crippen LogP contribution is -2.47. The molecule has 5 heteroatoms. The number of piperidine rings is 1. The fraction of sp³-hybridized carbons (Fsp3) is 0.708. The van der Waals surface area contributed by atoms with E-state index in [2.05, 4.69) is 24.1 Å². The van der Waals surface area contributed by atoms with Crippen molar-refractivity contribution in [3.63, 3.8) is 0 Å². The fourth-order valence-electron chi connectivity index (χ4n) is 4.83. The second-order valence-corrected chi connectivity index (χ2v) is 9.13. The number of methoxy groups -OCH3 is 1. The van der Waals surface area contributed by atoms with E-state index in [1.54, 1.807) is 7.11 Å². The quantitative estimate of drug-likeness (QED) is 0.639. The summed E-state index contributed by atoms with van der Waals surface area (Å²) in [4.78, 5) is 15.4. The molecule has 3 atom stereocenters. The lowest BCUT2D eigenvalue weighted by molar-refractivity contribution is -0.143. The summed E-state index contributed by atoms with van der Waals surface area (Å²) in [5.74, 6) is 2.15. The smallest absolute Gasteiger partial charge is 0.256 e. The van der Waals surface area contributed by atoms with Crippen molar-refractivity contribution in [2.75, 3.05) is 38.7 Å². The number of hydrogen-bond acceptors (Lipinski definition) is 4. The van der Waals surface area contributed by atoms with Gasteiger partial charge in [0.25, 0.3) is 5.91 Å². The Morgan fingerprint density at radius 2 is 1.93 bits per heavy atom. The Labute approximate surface area is 176 Å². The second kappa shape index (κ2) is 10.4. The van der Waals surface area contributed by atoms with Gasteiger partial charge in [0, 0.05) is 25.9 Å². The lowest BCUT2D eigenvalue weighted by atomic mass is 9.78. The van der Waals surface area contributed by atoms with E-state index in [-0.39, 0.29) is 5.91 Å². The van der Waals surface area contributed by atoms with Crippen molar-refractivity contribution < 1.29 is 14.3 Å². The summed E-state index contributed by atoms with van der Waals surface area (Å²) in [6, 6.07) is 7.69. The maximum absolute atomic E-state index is 12.9. The van der Waals surface area contributed by atoms with Crippen molar-refractivity contribution in [2.24, 2.45) is 11.8 Å². The number of carbonyl (C=O) groups is 1. The summed E-state index contributed by atoms with van der Waals surface area (Å²) in [7, 11) is 1.65. The maximum Gasteiger partial charge on any atom is 0.256 e. The van der Waals surface area contributed by atoms with Crippen LogP contribution in [-0.2, 0) is 9.53 Å². The first-order valence-electron chi connectivity index (χ1n) is 11.3. The van der Waals surface area contributed by atoms with Gasteiger partial charge < -0.3 is 19.7 Å². The monoisotopic (exact) mass is 402 g/mol. The van der Waals surface area contributed by atoms with Crippen LogP contribution in [0.25, 0.3) is 0 Å². The van der Waals surface area contributed by atoms with Crippen LogP contribution >= 0.6 is 0 Å². The largest absolute Gasteiger partial charge is 0.494 e. The second-order valence-electron chi connectivity index (χ2n) is 9.13. The van der Waals surface area contributed by atoms with Crippen molar-refractivity contribution in [3.05, 3.63) is 24.3 Å². The number of amides is 1. The first-order chi connectivity index (χ1) is 14.0.